The quantitative estimate of drug-likeness (QED) is 0.634. The van der Waals surface area contributed by atoms with Crippen molar-refractivity contribution in [1.82, 2.24) is 25.3 Å². The van der Waals surface area contributed by atoms with Crippen LogP contribution in [0.2, 0.25) is 5.02 Å². The molecule has 1 saturated heterocycles. The second-order valence-electron chi connectivity index (χ2n) is 9.59. The molecule has 4 aliphatic heterocycles. The van der Waals surface area contributed by atoms with Crippen LogP contribution < -0.4 is 10.6 Å². The van der Waals surface area contributed by atoms with E-state index in [1.54, 1.807) is 0 Å². The molecule has 1 unspecified atom stereocenters. The predicted octanol–water partition coefficient (Wildman–Crippen LogP) is 4.04. The van der Waals surface area contributed by atoms with Crippen molar-refractivity contribution in [3.63, 3.8) is 0 Å². The average Bonchev–Trinajstić information content (AvgIpc) is 3.32. The number of piperazine rings is 1. The van der Waals surface area contributed by atoms with Gasteiger partial charge in [-0.25, -0.2) is 0 Å². The first-order chi connectivity index (χ1) is 18.2. The van der Waals surface area contributed by atoms with Crippen LogP contribution in [-0.4, -0.2) is 66.0 Å². The molecule has 0 radical (unpaired) electrons. The van der Waals surface area contributed by atoms with E-state index in [0.29, 0.717) is 25.3 Å². The number of carbonyl (C=O) groups is 1. The molecule has 188 valence electrons. The van der Waals surface area contributed by atoms with Crippen LogP contribution in [0.4, 0.5) is 0 Å². The summed E-state index contributed by atoms with van der Waals surface area (Å²) in [4.78, 5) is 19.7. The highest BCUT2D eigenvalue weighted by molar-refractivity contribution is 6.30. The van der Waals surface area contributed by atoms with Gasteiger partial charge in [0.2, 0.25) is 0 Å². The standard InChI is InChI=1S/C30H30ClN5O/c31-25-12-9-23(10-13-25)29-27(36-20-24(11-14-28(36)33-29)22-6-2-1-3-7-22)21-34-16-18-35(19-17-34)30(37)26-8-4-5-15-32-26/h1-14,20,28,32-33H,15-19,21H2. The van der Waals surface area contributed by atoms with Crippen molar-refractivity contribution < 1.29 is 4.79 Å². The predicted molar refractivity (Wildman–Crippen MR) is 149 cm³/mol. The van der Waals surface area contributed by atoms with Gasteiger partial charge in [0.05, 0.1) is 11.4 Å². The van der Waals surface area contributed by atoms with Gasteiger partial charge in [0.15, 0.2) is 0 Å². The van der Waals surface area contributed by atoms with Gasteiger partial charge in [-0.05, 0) is 41.0 Å². The number of halogens is 1. The summed E-state index contributed by atoms with van der Waals surface area (Å²) in [5.41, 5.74) is 6.54. The largest absolute Gasteiger partial charge is 0.377 e. The Hall–Kier alpha value is -3.74. The molecule has 1 fully saturated rings. The minimum atomic E-state index is 0.0633. The Balaban J connectivity index is 1.24. The Bertz CT molecular complexity index is 1320. The van der Waals surface area contributed by atoms with Crippen molar-refractivity contribution in [1.29, 1.82) is 0 Å². The zero-order valence-electron chi connectivity index (χ0n) is 20.6. The SMILES string of the molecule is O=C(C1=CC=CCN1)N1CCN(CC2=C(c3ccc(Cl)cc3)NC3C=CC(c4ccccc4)=CN23)CC1. The summed E-state index contributed by atoms with van der Waals surface area (Å²) in [5.74, 6) is 0.0873. The first-order valence-corrected chi connectivity index (χ1v) is 13.2. The summed E-state index contributed by atoms with van der Waals surface area (Å²) < 4.78 is 0. The monoisotopic (exact) mass is 511 g/mol. The summed E-state index contributed by atoms with van der Waals surface area (Å²) in [6.07, 6.45) is 12.6. The normalized spacial score (nSPS) is 21.3. The molecule has 37 heavy (non-hydrogen) atoms. The molecule has 1 atom stereocenters. The molecule has 4 heterocycles. The van der Waals surface area contributed by atoms with E-state index in [0.717, 1.165) is 35.9 Å². The molecule has 6 nitrogen and oxygen atoms in total. The van der Waals surface area contributed by atoms with E-state index in [1.807, 2.05) is 41.3 Å². The van der Waals surface area contributed by atoms with Gasteiger partial charge in [-0.1, -0.05) is 72.3 Å². The maximum absolute atomic E-state index is 12.9. The Labute approximate surface area is 222 Å². The van der Waals surface area contributed by atoms with E-state index in [4.69, 9.17) is 11.6 Å². The molecule has 7 heteroatoms. The van der Waals surface area contributed by atoms with Crippen LogP contribution in [0.5, 0.6) is 0 Å². The molecule has 0 aliphatic carbocycles. The minimum absolute atomic E-state index is 0.0633. The van der Waals surface area contributed by atoms with E-state index >= 15 is 0 Å². The maximum atomic E-state index is 12.9. The van der Waals surface area contributed by atoms with Crippen LogP contribution in [0, 0.1) is 0 Å². The Morgan fingerprint density at radius 2 is 1.76 bits per heavy atom. The molecular weight excluding hydrogens is 482 g/mol. The van der Waals surface area contributed by atoms with Crippen LogP contribution in [-0.2, 0) is 4.79 Å². The maximum Gasteiger partial charge on any atom is 0.270 e. The number of nitrogens with one attached hydrogen (secondary N) is 2. The lowest BCUT2D eigenvalue weighted by Crippen LogP contribution is -2.51. The molecular formula is C30H30ClN5O. The molecule has 0 saturated carbocycles. The molecule has 0 bridgehead atoms. The molecule has 0 aromatic heterocycles. The smallest absolute Gasteiger partial charge is 0.270 e. The zero-order valence-corrected chi connectivity index (χ0v) is 21.4. The van der Waals surface area contributed by atoms with E-state index in [9.17, 15) is 4.79 Å². The Kier molecular flexibility index (Phi) is 6.60. The van der Waals surface area contributed by atoms with Gasteiger partial charge < -0.3 is 20.4 Å². The Morgan fingerprint density at radius 1 is 0.973 bits per heavy atom. The van der Waals surface area contributed by atoms with Gasteiger partial charge in [-0.3, -0.25) is 9.69 Å². The van der Waals surface area contributed by atoms with Gasteiger partial charge in [0.25, 0.3) is 5.91 Å². The van der Waals surface area contributed by atoms with Crippen LogP contribution in [0.15, 0.2) is 103 Å². The second kappa shape index (κ2) is 10.3. The van der Waals surface area contributed by atoms with Crippen molar-refractivity contribution in [2.75, 3.05) is 39.3 Å². The number of nitrogens with zero attached hydrogens (tertiary/aromatic N) is 3. The van der Waals surface area contributed by atoms with Crippen molar-refractivity contribution >= 4 is 28.8 Å². The van der Waals surface area contributed by atoms with Crippen LogP contribution in [0.25, 0.3) is 11.3 Å². The van der Waals surface area contributed by atoms with E-state index in [2.05, 4.69) is 75.2 Å². The third-order valence-electron chi connectivity index (χ3n) is 7.24. The molecule has 2 aromatic carbocycles. The van der Waals surface area contributed by atoms with E-state index < -0.39 is 0 Å². The lowest BCUT2D eigenvalue weighted by molar-refractivity contribution is -0.129. The fraction of sp³-hybridized carbons (Fsp3) is 0.233. The van der Waals surface area contributed by atoms with Gasteiger partial charge in [-0.15, -0.1) is 0 Å². The first-order valence-electron chi connectivity index (χ1n) is 12.8. The van der Waals surface area contributed by atoms with Crippen LogP contribution in [0.3, 0.4) is 0 Å². The van der Waals surface area contributed by atoms with Gasteiger partial charge in [0.1, 0.15) is 11.9 Å². The topological polar surface area (TPSA) is 50.9 Å². The zero-order chi connectivity index (χ0) is 25.2. The van der Waals surface area contributed by atoms with Gasteiger partial charge in [0, 0.05) is 50.5 Å². The third-order valence-corrected chi connectivity index (χ3v) is 7.49. The molecule has 2 N–H and O–H groups in total. The number of benzene rings is 2. The van der Waals surface area contributed by atoms with Crippen molar-refractivity contribution in [2.24, 2.45) is 0 Å². The average molecular weight is 512 g/mol. The number of dihydropyridines is 1. The summed E-state index contributed by atoms with van der Waals surface area (Å²) in [5, 5.41) is 7.64. The van der Waals surface area contributed by atoms with Crippen molar-refractivity contribution in [3.8, 4) is 0 Å². The fourth-order valence-electron chi connectivity index (χ4n) is 5.21. The Morgan fingerprint density at radius 3 is 2.49 bits per heavy atom. The number of amides is 1. The van der Waals surface area contributed by atoms with Gasteiger partial charge in [-0.2, -0.15) is 0 Å². The van der Waals surface area contributed by atoms with Crippen LogP contribution in [0.1, 0.15) is 11.1 Å². The van der Waals surface area contributed by atoms with E-state index in [-0.39, 0.29) is 12.1 Å². The number of fused-ring (bicyclic) bond motifs is 1. The molecule has 1 amide bonds. The highest BCUT2D eigenvalue weighted by Crippen LogP contribution is 2.34. The van der Waals surface area contributed by atoms with Crippen LogP contribution >= 0.6 is 11.6 Å². The third kappa shape index (κ3) is 4.95. The molecule has 6 rings (SSSR count). The minimum Gasteiger partial charge on any atom is -0.377 e. The number of allylic oxidation sites excluding steroid dienone is 4. The highest BCUT2D eigenvalue weighted by atomic mass is 35.5. The first kappa shape index (κ1) is 23.6. The number of hydrogen-bond acceptors (Lipinski definition) is 5. The summed E-state index contributed by atoms with van der Waals surface area (Å²) in [6, 6.07) is 18.5. The number of hydrogen-bond donors (Lipinski definition) is 2. The lowest BCUT2D eigenvalue weighted by Gasteiger charge is -2.37. The number of carbonyl (C=O) groups excluding carboxylic acids is 1. The molecule has 4 aliphatic rings. The van der Waals surface area contributed by atoms with Gasteiger partial charge >= 0.3 is 0 Å². The van der Waals surface area contributed by atoms with Crippen molar-refractivity contribution in [3.05, 3.63) is 119 Å². The second-order valence-corrected chi connectivity index (χ2v) is 10.0. The molecule has 2 aromatic rings. The van der Waals surface area contributed by atoms with E-state index in [1.165, 1.54) is 16.8 Å². The summed E-state index contributed by atoms with van der Waals surface area (Å²) in [6.45, 7) is 4.58. The van der Waals surface area contributed by atoms with Crippen molar-refractivity contribution in [2.45, 2.75) is 6.17 Å². The molecule has 0 spiro atoms. The summed E-state index contributed by atoms with van der Waals surface area (Å²) >= 11 is 6.19. The fourth-order valence-corrected chi connectivity index (χ4v) is 5.34. The highest BCUT2D eigenvalue weighted by Gasteiger charge is 2.33. The summed E-state index contributed by atoms with van der Waals surface area (Å²) in [7, 11) is 0. The number of rotatable bonds is 5. The lowest BCUT2D eigenvalue weighted by atomic mass is 10.0.